The summed E-state index contributed by atoms with van der Waals surface area (Å²) in [7, 11) is -3.84. The Hall–Kier alpha value is -2.04. The summed E-state index contributed by atoms with van der Waals surface area (Å²) in [5.74, 6) is 5.18. The van der Waals surface area contributed by atoms with E-state index in [0.29, 0.717) is 12.1 Å². The summed E-state index contributed by atoms with van der Waals surface area (Å²) in [5, 5.41) is 8.81. The van der Waals surface area contributed by atoms with Gasteiger partial charge < -0.3 is 5.11 Å². The van der Waals surface area contributed by atoms with Crippen molar-refractivity contribution in [2.45, 2.75) is 71.3 Å². The molecule has 150 valence electrons. The number of unbranched alkanes of at least 4 members (excludes halogenated alkanes) is 5. The van der Waals surface area contributed by atoms with Crippen molar-refractivity contribution in [1.29, 1.82) is 0 Å². The second-order valence-electron chi connectivity index (χ2n) is 6.47. The van der Waals surface area contributed by atoms with Crippen molar-refractivity contribution in [2.75, 3.05) is 4.72 Å². The van der Waals surface area contributed by atoms with Crippen molar-refractivity contribution in [3.63, 3.8) is 0 Å². The van der Waals surface area contributed by atoms with Gasteiger partial charge in [-0.15, -0.1) is 0 Å². The van der Waals surface area contributed by atoms with Crippen molar-refractivity contribution in [3.05, 3.63) is 29.8 Å². The van der Waals surface area contributed by atoms with E-state index in [0.717, 1.165) is 18.4 Å². The summed E-state index contributed by atoms with van der Waals surface area (Å²) >= 11 is 0. The SMILES string of the molecule is CCCCCCCC#Cc1ccc(NS(=O)(=O)N[C@@H](CC)CC(=O)O)cc1. The summed E-state index contributed by atoms with van der Waals surface area (Å²) in [4.78, 5) is 10.8. The highest BCUT2D eigenvalue weighted by atomic mass is 32.2. The number of anilines is 1. The number of aliphatic carboxylic acids is 1. The van der Waals surface area contributed by atoms with Gasteiger partial charge in [-0.25, -0.2) is 0 Å². The first-order chi connectivity index (χ1) is 12.9. The third-order valence-corrected chi connectivity index (χ3v) is 5.16. The molecule has 0 heterocycles. The lowest BCUT2D eigenvalue weighted by Gasteiger charge is -2.16. The Labute approximate surface area is 162 Å². The fraction of sp³-hybridized carbons (Fsp3) is 0.550. The predicted molar refractivity (Wildman–Crippen MR) is 109 cm³/mol. The minimum absolute atomic E-state index is 0.260. The normalized spacial score (nSPS) is 12.1. The molecule has 0 unspecified atom stereocenters. The molecule has 1 aromatic rings. The number of carboxylic acids is 1. The van der Waals surface area contributed by atoms with Crippen molar-refractivity contribution in [1.82, 2.24) is 4.72 Å². The summed E-state index contributed by atoms with van der Waals surface area (Å²) in [6, 6.07) is 6.15. The van der Waals surface area contributed by atoms with Gasteiger partial charge in [-0.2, -0.15) is 13.1 Å². The van der Waals surface area contributed by atoms with Gasteiger partial charge in [-0.1, -0.05) is 51.4 Å². The number of rotatable bonds is 12. The first-order valence-electron chi connectivity index (χ1n) is 9.47. The van der Waals surface area contributed by atoms with E-state index >= 15 is 0 Å². The molecular weight excluding hydrogens is 364 g/mol. The Bertz CT molecular complexity index is 733. The Morgan fingerprint density at radius 2 is 1.78 bits per heavy atom. The van der Waals surface area contributed by atoms with Crippen LogP contribution in [-0.4, -0.2) is 25.5 Å². The standard InChI is InChI=1S/C20H30N2O4S/c1-3-5-6-7-8-9-10-11-17-12-14-19(15-13-17)22-27(25,26)21-18(4-2)16-20(23)24/h12-15,18,21-22H,3-9,16H2,1-2H3,(H,23,24)/t18-/m0/s1. The van der Waals surface area contributed by atoms with Crippen molar-refractivity contribution >= 4 is 21.9 Å². The van der Waals surface area contributed by atoms with Gasteiger partial charge in [0.1, 0.15) is 0 Å². The van der Waals surface area contributed by atoms with Crippen molar-refractivity contribution in [3.8, 4) is 11.8 Å². The lowest BCUT2D eigenvalue weighted by molar-refractivity contribution is -0.137. The first kappa shape index (κ1) is 23.0. The maximum absolute atomic E-state index is 12.1. The number of carbonyl (C=O) groups is 1. The molecule has 0 radical (unpaired) electrons. The molecule has 3 N–H and O–H groups in total. The molecule has 7 heteroatoms. The fourth-order valence-corrected chi connectivity index (χ4v) is 3.68. The lowest BCUT2D eigenvalue weighted by Crippen LogP contribution is -2.39. The molecule has 0 aliphatic carbocycles. The fourth-order valence-electron chi connectivity index (χ4n) is 2.49. The first-order valence-corrected chi connectivity index (χ1v) is 11.0. The molecule has 0 aliphatic rings. The summed E-state index contributed by atoms with van der Waals surface area (Å²) in [5.41, 5.74) is 1.23. The molecule has 6 nitrogen and oxygen atoms in total. The molecule has 0 saturated heterocycles. The van der Waals surface area contributed by atoms with E-state index in [-0.39, 0.29) is 6.42 Å². The largest absolute Gasteiger partial charge is 0.481 e. The third-order valence-electron chi connectivity index (χ3n) is 4.01. The van der Waals surface area contributed by atoms with Crippen molar-refractivity contribution in [2.24, 2.45) is 0 Å². The zero-order valence-corrected chi connectivity index (χ0v) is 16.9. The minimum atomic E-state index is -3.84. The molecule has 0 aromatic heterocycles. The summed E-state index contributed by atoms with van der Waals surface area (Å²) in [6.07, 6.45) is 7.06. The van der Waals surface area contributed by atoms with Crippen LogP contribution in [0.2, 0.25) is 0 Å². The van der Waals surface area contributed by atoms with Crippen LogP contribution in [0.3, 0.4) is 0 Å². The van der Waals surface area contributed by atoms with Gasteiger partial charge in [-0.05, 0) is 37.1 Å². The number of carboxylic acid groups (broad SMARTS) is 1. The lowest BCUT2D eigenvalue weighted by atomic mass is 10.1. The van der Waals surface area contributed by atoms with E-state index in [1.54, 1.807) is 31.2 Å². The zero-order valence-electron chi connectivity index (χ0n) is 16.1. The average molecular weight is 395 g/mol. The van der Waals surface area contributed by atoms with Crippen LogP contribution in [0.15, 0.2) is 24.3 Å². The van der Waals surface area contributed by atoms with Crippen LogP contribution in [0.4, 0.5) is 5.69 Å². The maximum Gasteiger partial charge on any atom is 0.304 e. The highest BCUT2D eigenvalue weighted by Crippen LogP contribution is 2.11. The Morgan fingerprint density at radius 3 is 2.37 bits per heavy atom. The summed E-state index contributed by atoms with van der Waals surface area (Å²) < 4.78 is 29.0. The molecule has 0 saturated carbocycles. The van der Waals surface area contributed by atoms with Crippen molar-refractivity contribution < 1.29 is 18.3 Å². The van der Waals surface area contributed by atoms with Crippen LogP contribution in [0, 0.1) is 11.8 Å². The van der Waals surface area contributed by atoms with Gasteiger partial charge in [0.2, 0.25) is 0 Å². The van der Waals surface area contributed by atoms with Crippen LogP contribution in [0.25, 0.3) is 0 Å². The molecule has 0 fully saturated rings. The van der Waals surface area contributed by atoms with Gasteiger partial charge in [0.25, 0.3) is 10.2 Å². The molecule has 0 amide bonds. The van der Waals surface area contributed by atoms with Crippen LogP contribution >= 0.6 is 0 Å². The van der Waals surface area contributed by atoms with E-state index < -0.39 is 22.2 Å². The second kappa shape index (κ2) is 12.4. The quantitative estimate of drug-likeness (QED) is 0.370. The van der Waals surface area contributed by atoms with E-state index in [2.05, 4.69) is 28.2 Å². The molecule has 27 heavy (non-hydrogen) atoms. The van der Waals surface area contributed by atoms with E-state index in [9.17, 15) is 13.2 Å². The molecule has 1 rings (SSSR count). The molecule has 0 bridgehead atoms. The highest BCUT2D eigenvalue weighted by molar-refractivity contribution is 7.90. The molecule has 0 spiro atoms. The second-order valence-corrected chi connectivity index (χ2v) is 7.92. The van der Waals surface area contributed by atoms with Gasteiger partial charge in [0, 0.05) is 23.7 Å². The molecule has 1 aromatic carbocycles. The minimum Gasteiger partial charge on any atom is -0.481 e. The predicted octanol–water partition coefficient (Wildman–Crippen LogP) is 3.90. The number of hydrogen-bond acceptors (Lipinski definition) is 3. The zero-order chi connectivity index (χ0) is 20.1. The number of hydrogen-bond donors (Lipinski definition) is 3. The maximum atomic E-state index is 12.1. The van der Waals surface area contributed by atoms with Gasteiger partial charge in [-0.3, -0.25) is 9.52 Å². The Kier molecular flexibility index (Phi) is 10.5. The number of nitrogens with one attached hydrogen (secondary N) is 2. The highest BCUT2D eigenvalue weighted by Gasteiger charge is 2.18. The van der Waals surface area contributed by atoms with E-state index in [1.807, 2.05) is 0 Å². The molecular formula is C20H30N2O4S. The Balaban J connectivity index is 2.52. The van der Waals surface area contributed by atoms with Gasteiger partial charge in [0.15, 0.2) is 0 Å². The van der Waals surface area contributed by atoms with Gasteiger partial charge in [0.05, 0.1) is 6.42 Å². The average Bonchev–Trinajstić information content (AvgIpc) is 2.61. The van der Waals surface area contributed by atoms with Crippen LogP contribution in [0.5, 0.6) is 0 Å². The molecule has 1 atom stereocenters. The van der Waals surface area contributed by atoms with Crippen LogP contribution in [-0.2, 0) is 15.0 Å². The van der Waals surface area contributed by atoms with Crippen LogP contribution < -0.4 is 9.44 Å². The Morgan fingerprint density at radius 1 is 1.11 bits per heavy atom. The summed E-state index contributed by atoms with van der Waals surface area (Å²) in [6.45, 7) is 3.92. The smallest absolute Gasteiger partial charge is 0.304 e. The number of benzene rings is 1. The van der Waals surface area contributed by atoms with Gasteiger partial charge >= 0.3 is 5.97 Å². The third kappa shape index (κ3) is 10.6. The molecule has 0 aliphatic heterocycles. The topological polar surface area (TPSA) is 95.5 Å². The van der Waals surface area contributed by atoms with E-state index in [4.69, 9.17) is 5.11 Å². The van der Waals surface area contributed by atoms with Crippen LogP contribution in [0.1, 0.15) is 70.8 Å². The monoisotopic (exact) mass is 394 g/mol. The van der Waals surface area contributed by atoms with E-state index in [1.165, 1.54) is 25.7 Å².